The zero-order valence-corrected chi connectivity index (χ0v) is 18.0. The molecule has 0 aliphatic carbocycles. The van der Waals surface area contributed by atoms with Gasteiger partial charge in [-0.05, 0) is 42.0 Å². The van der Waals surface area contributed by atoms with Crippen LogP contribution in [0.1, 0.15) is 23.3 Å². The Bertz CT molecular complexity index is 879. The summed E-state index contributed by atoms with van der Waals surface area (Å²) in [7, 11) is 0. The second-order valence-electron chi connectivity index (χ2n) is 7.26. The molecule has 0 spiro atoms. The molecule has 30 heavy (non-hydrogen) atoms. The Labute approximate surface area is 183 Å². The summed E-state index contributed by atoms with van der Waals surface area (Å²) in [5.41, 5.74) is 1.51. The Kier molecular flexibility index (Phi) is 6.71. The predicted molar refractivity (Wildman–Crippen MR) is 118 cm³/mol. The van der Waals surface area contributed by atoms with Gasteiger partial charge in [0.05, 0.1) is 24.9 Å². The molecule has 1 aromatic carbocycles. The smallest absolute Gasteiger partial charge is 0.322 e. The summed E-state index contributed by atoms with van der Waals surface area (Å²) in [5, 5.41) is 4.74. The van der Waals surface area contributed by atoms with Crippen molar-refractivity contribution in [2.75, 3.05) is 24.2 Å². The standard InChI is InChI=1S/C21H23N3O4S2/c25-19-14-30-21(27)24(19)11-15-5-7-16(8-6-15)22-20(26)23(12-17-3-1-9-28-17)13-18-4-2-10-29-18/h2,4-8,10,17H,1,3,9,11-14H2,(H,22,26). The average Bonchev–Trinajstić information content (AvgIpc) is 3.49. The van der Waals surface area contributed by atoms with E-state index in [-0.39, 0.29) is 35.6 Å². The molecule has 1 atom stereocenters. The quantitative estimate of drug-likeness (QED) is 0.692. The molecule has 2 aliphatic heterocycles. The largest absolute Gasteiger partial charge is 0.376 e. The Morgan fingerprint density at radius 3 is 2.70 bits per heavy atom. The average molecular weight is 446 g/mol. The van der Waals surface area contributed by atoms with Gasteiger partial charge in [0, 0.05) is 23.7 Å². The van der Waals surface area contributed by atoms with Crippen LogP contribution in [0.4, 0.5) is 15.3 Å². The van der Waals surface area contributed by atoms with E-state index in [1.807, 2.05) is 29.6 Å². The van der Waals surface area contributed by atoms with Crippen molar-refractivity contribution in [1.29, 1.82) is 0 Å². The van der Waals surface area contributed by atoms with E-state index in [9.17, 15) is 14.4 Å². The van der Waals surface area contributed by atoms with Crippen LogP contribution in [0, 0.1) is 0 Å². The molecule has 1 unspecified atom stereocenters. The minimum absolute atomic E-state index is 0.0755. The highest BCUT2D eigenvalue weighted by Gasteiger charge is 2.29. The van der Waals surface area contributed by atoms with Crippen LogP contribution in [0.2, 0.25) is 0 Å². The zero-order chi connectivity index (χ0) is 20.9. The lowest BCUT2D eigenvalue weighted by Gasteiger charge is -2.25. The molecule has 7 nitrogen and oxygen atoms in total. The van der Waals surface area contributed by atoms with Crippen molar-refractivity contribution in [3.8, 4) is 0 Å². The van der Waals surface area contributed by atoms with Crippen molar-refractivity contribution >= 4 is 46.0 Å². The number of thiophene rings is 1. The number of thioether (sulfide) groups is 1. The number of hydrogen-bond acceptors (Lipinski definition) is 6. The number of imide groups is 1. The van der Waals surface area contributed by atoms with E-state index in [0.29, 0.717) is 18.8 Å². The zero-order valence-electron chi connectivity index (χ0n) is 16.4. The van der Waals surface area contributed by atoms with E-state index in [1.54, 1.807) is 28.4 Å². The Balaban J connectivity index is 1.38. The fraction of sp³-hybridized carbons (Fsp3) is 0.381. The van der Waals surface area contributed by atoms with Crippen molar-refractivity contribution in [2.45, 2.75) is 32.0 Å². The molecular weight excluding hydrogens is 422 g/mol. The summed E-state index contributed by atoms with van der Waals surface area (Å²) in [6.07, 6.45) is 2.07. The highest BCUT2D eigenvalue weighted by atomic mass is 32.2. The van der Waals surface area contributed by atoms with Crippen molar-refractivity contribution < 1.29 is 19.1 Å². The highest BCUT2D eigenvalue weighted by molar-refractivity contribution is 8.14. The summed E-state index contributed by atoms with van der Waals surface area (Å²) in [6, 6.07) is 11.1. The second kappa shape index (κ2) is 9.63. The summed E-state index contributed by atoms with van der Waals surface area (Å²) in [5.74, 6) is 0.0401. The van der Waals surface area contributed by atoms with Crippen molar-refractivity contribution in [1.82, 2.24) is 9.80 Å². The third kappa shape index (κ3) is 5.21. The first kappa shape index (κ1) is 20.9. The fourth-order valence-corrected chi connectivity index (χ4v) is 4.90. The van der Waals surface area contributed by atoms with Gasteiger partial charge in [-0.15, -0.1) is 11.3 Å². The van der Waals surface area contributed by atoms with Gasteiger partial charge in [-0.25, -0.2) is 4.79 Å². The van der Waals surface area contributed by atoms with E-state index in [2.05, 4.69) is 5.32 Å². The van der Waals surface area contributed by atoms with E-state index in [1.165, 1.54) is 4.90 Å². The molecular formula is C21H23N3O4S2. The molecule has 9 heteroatoms. The molecule has 1 N–H and O–H groups in total. The van der Waals surface area contributed by atoms with Crippen LogP contribution in [0.25, 0.3) is 0 Å². The number of urea groups is 1. The first-order valence-electron chi connectivity index (χ1n) is 9.84. The lowest BCUT2D eigenvalue weighted by molar-refractivity contribution is -0.125. The Morgan fingerprint density at radius 1 is 1.23 bits per heavy atom. The number of anilines is 1. The van der Waals surface area contributed by atoms with Gasteiger partial charge in [-0.2, -0.15) is 0 Å². The molecule has 0 radical (unpaired) electrons. The van der Waals surface area contributed by atoms with Crippen LogP contribution < -0.4 is 5.32 Å². The molecule has 2 saturated heterocycles. The van der Waals surface area contributed by atoms with E-state index >= 15 is 0 Å². The van der Waals surface area contributed by atoms with Gasteiger partial charge >= 0.3 is 6.03 Å². The monoisotopic (exact) mass is 445 g/mol. The number of ether oxygens (including phenoxy) is 1. The predicted octanol–water partition coefficient (Wildman–Crippen LogP) is 4.16. The minimum Gasteiger partial charge on any atom is -0.376 e. The van der Waals surface area contributed by atoms with Crippen LogP contribution in [-0.2, 0) is 22.6 Å². The Morgan fingerprint density at radius 2 is 2.07 bits per heavy atom. The van der Waals surface area contributed by atoms with Crippen molar-refractivity contribution in [3.63, 3.8) is 0 Å². The van der Waals surface area contributed by atoms with Gasteiger partial charge in [0.2, 0.25) is 5.91 Å². The summed E-state index contributed by atoms with van der Waals surface area (Å²) >= 11 is 2.65. The summed E-state index contributed by atoms with van der Waals surface area (Å²) in [6.45, 7) is 2.10. The fourth-order valence-electron chi connectivity index (χ4n) is 3.46. The molecule has 2 aromatic rings. The third-order valence-corrected chi connectivity index (χ3v) is 6.77. The van der Waals surface area contributed by atoms with Crippen molar-refractivity contribution in [3.05, 3.63) is 52.2 Å². The lowest BCUT2D eigenvalue weighted by Crippen LogP contribution is -2.39. The van der Waals surface area contributed by atoms with Crippen molar-refractivity contribution in [2.24, 2.45) is 0 Å². The maximum atomic E-state index is 12.9. The van der Waals surface area contributed by atoms with Gasteiger partial charge in [0.1, 0.15) is 0 Å². The summed E-state index contributed by atoms with van der Waals surface area (Å²) < 4.78 is 5.72. The van der Waals surface area contributed by atoms with E-state index < -0.39 is 0 Å². The minimum atomic E-state index is -0.212. The molecule has 4 rings (SSSR count). The number of carbonyl (C=O) groups excluding carboxylic acids is 3. The second-order valence-corrected chi connectivity index (χ2v) is 9.22. The maximum Gasteiger partial charge on any atom is 0.322 e. The van der Waals surface area contributed by atoms with Crippen LogP contribution in [0.15, 0.2) is 41.8 Å². The number of nitrogens with zero attached hydrogens (tertiary/aromatic N) is 2. The third-order valence-electron chi connectivity index (χ3n) is 5.05. The number of hydrogen-bond donors (Lipinski definition) is 1. The number of nitrogens with one attached hydrogen (secondary N) is 1. The molecule has 3 heterocycles. The lowest BCUT2D eigenvalue weighted by atomic mass is 10.2. The van der Waals surface area contributed by atoms with Gasteiger partial charge < -0.3 is 15.0 Å². The molecule has 1 aromatic heterocycles. The van der Waals surface area contributed by atoms with Crippen LogP contribution in [0.5, 0.6) is 0 Å². The maximum absolute atomic E-state index is 12.9. The molecule has 2 fully saturated rings. The number of benzene rings is 1. The highest BCUT2D eigenvalue weighted by Crippen LogP contribution is 2.22. The molecule has 158 valence electrons. The SMILES string of the molecule is O=C(Nc1ccc(CN2C(=O)CSC2=O)cc1)N(Cc1cccs1)CC1CCCO1. The van der Waals surface area contributed by atoms with Crippen LogP contribution >= 0.6 is 23.1 Å². The topological polar surface area (TPSA) is 79.0 Å². The van der Waals surface area contributed by atoms with Gasteiger partial charge in [0.25, 0.3) is 5.24 Å². The Hall–Kier alpha value is -2.36. The number of amides is 4. The molecule has 0 bridgehead atoms. The van der Waals surface area contributed by atoms with Gasteiger partial charge in [-0.1, -0.05) is 30.0 Å². The van der Waals surface area contributed by atoms with Crippen LogP contribution in [0.3, 0.4) is 0 Å². The normalized spacial score (nSPS) is 18.8. The van der Waals surface area contributed by atoms with Crippen LogP contribution in [-0.4, -0.2) is 52.0 Å². The van der Waals surface area contributed by atoms with Gasteiger partial charge in [0.15, 0.2) is 0 Å². The number of carbonyl (C=O) groups is 3. The first-order valence-corrected chi connectivity index (χ1v) is 11.7. The molecule has 2 aliphatic rings. The first-order chi connectivity index (χ1) is 14.6. The number of rotatable bonds is 7. The van der Waals surface area contributed by atoms with Gasteiger partial charge in [-0.3, -0.25) is 14.5 Å². The van der Waals surface area contributed by atoms with E-state index in [4.69, 9.17) is 4.74 Å². The molecule has 4 amide bonds. The summed E-state index contributed by atoms with van der Waals surface area (Å²) in [4.78, 5) is 40.6. The molecule has 0 saturated carbocycles. The van der Waals surface area contributed by atoms with E-state index in [0.717, 1.165) is 41.7 Å².